The molecule has 4 aliphatic rings. The summed E-state index contributed by atoms with van der Waals surface area (Å²) in [6, 6.07) is 0.00342. The Hall–Kier alpha value is -1.14. The molecule has 0 bridgehead atoms. The Kier molecular flexibility index (Phi) is 5.74. The fraction of sp³-hybridized carbons (Fsp3) is 0.905. The standard InChI is InChI=1S/C21H35N3O3/c1-22-16-21(15-18(22)20(26)24-11-13-27-14-12-24)7-9-23(10-8-21)19(25)17-5-3-2-4-6-17/h17-18H,2-16H2,1H3. The van der Waals surface area contributed by atoms with Gasteiger partial charge >= 0.3 is 0 Å². The van der Waals surface area contributed by atoms with E-state index < -0.39 is 0 Å². The van der Waals surface area contributed by atoms with E-state index in [0.29, 0.717) is 19.1 Å². The summed E-state index contributed by atoms with van der Waals surface area (Å²) in [5.41, 5.74) is 0.213. The van der Waals surface area contributed by atoms with E-state index in [4.69, 9.17) is 4.74 Å². The second kappa shape index (κ2) is 8.08. The molecule has 0 aromatic heterocycles. The van der Waals surface area contributed by atoms with Crippen LogP contribution in [-0.2, 0) is 14.3 Å². The predicted molar refractivity (Wildman–Crippen MR) is 103 cm³/mol. The second-order valence-electron chi connectivity index (χ2n) is 9.23. The zero-order valence-electron chi connectivity index (χ0n) is 16.8. The summed E-state index contributed by atoms with van der Waals surface area (Å²) in [4.78, 5) is 32.2. The Morgan fingerprint density at radius 2 is 1.52 bits per heavy atom. The van der Waals surface area contributed by atoms with Crippen LogP contribution in [0.4, 0.5) is 0 Å². The van der Waals surface area contributed by atoms with E-state index in [9.17, 15) is 9.59 Å². The van der Waals surface area contributed by atoms with Gasteiger partial charge in [0.15, 0.2) is 0 Å². The van der Waals surface area contributed by atoms with E-state index in [1.165, 1.54) is 19.3 Å². The van der Waals surface area contributed by atoms with Crippen molar-refractivity contribution in [1.82, 2.24) is 14.7 Å². The van der Waals surface area contributed by atoms with E-state index >= 15 is 0 Å². The lowest BCUT2D eigenvalue weighted by atomic mass is 9.76. The minimum absolute atomic E-state index is 0.00342. The summed E-state index contributed by atoms with van der Waals surface area (Å²) in [6.45, 7) is 5.50. The fourth-order valence-electron chi connectivity index (χ4n) is 5.71. The van der Waals surface area contributed by atoms with Crippen LogP contribution in [0.25, 0.3) is 0 Å². The maximum Gasteiger partial charge on any atom is 0.240 e. The van der Waals surface area contributed by atoms with E-state index in [1.807, 2.05) is 4.90 Å². The minimum Gasteiger partial charge on any atom is -0.378 e. The fourth-order valence-corrected chi connectivity index (χ4v) is 5.71. The number of carbonyl (C=O) groups is 2. The normalized spacial score (nSPS) is 30.0. The van der Waals surface area contributed by atoms with Gasteiger partial charge in [-0.05, 0) is 44.6 Å². The van der Waals surface area contributed by atoms with Gasteiger partial charge in [-0.3, -0.25) is 14.5 Å². The molecule has 0 aromatic rings. The first-order valence-corrected chi connectivity index (χ1v) is 10.9. The van der Waals surface area contributed by atoms with E-state index in [-0.39, 0.29) is 23.3 Å². The average molecular weight is 378 g/mol. The van der Waals surface area contributed by atoms with Crippen LogP contribution in [0.3, 0.4) is 0 Å². The Labute approximate surface area is 163 Å². The summed E-state index contributed by atoms with van der Waals surface area (Å²) < 4.78 is 5.39. The predicted octanol–water partition coefficient (Wildman–Crippen LogP) is 1.74. The van der Waals surface area contributed by atoms with Crippen LogP contribution < -0.4 is 0 Å². The highest BCUT2D eigenvalue weighted by Gasteiger charge is 2.48. The zero-order valence-corrected chi connectivity index (χ0v) is 16.8. The molecule has 1 atom stereocenters. The molecule has 6 heteroatoms. The van der Waals surface area contributed by atoms with Gasteiger partial charge in [0.05, 0.1) is 19.3 Å². The van der Waals surface area contributed by atoms with E-state index in [1.54, 1.807) is 0 Å². The first-order chi connectivity index (χ1) is 13.1. The summed E-state index contributed by atoms with van der Waals surface area (Å²) in [6.07, 6.45) is 8.92. The average Bonchev–Trinajstić information content (AvgIpc) is 3.04. The van der Waals surface area contributed by atoms with Gasteiger partial charge < -0.3 is 14.5 Å². The van der Waals surface area contributed by atoms with Gasteiger partial charge in [-0.1, -0.05) is 19.3 Å². The minimum atomic E-state index is 0.00342. The number of morpholine rings is 1. The molecule has 4 fully saturated rings. The van der Waals surface area contributed by atoms with Gasteiger partial charge in [0, 0.05) is 38.6 Å². The molecular formula is C21H35N3O3. The number of piperidine rings is 1. The third-order valence-electron chi connectivity index (χ3n) is 7.44. The summed E-state index contributed by atoms with van der Waals surface area (Å²) in [5.74, 6) is 0.949. The molecule has 0 aromatic carbocycles. The highest BCUT2D eigenvalue weighted by molar-refractivity contribution is 5.82. The van der Waals surface area contributed by atoms with Crippen LogP contribution in [0.15, 0.2) is 0 Å². The number of likely N-dealkylation sites (N-methyl/N-ethyl adjacent to an activating group) is 1. The molecule has 1 saturated carbocycles. The lowest BCUT2D eigenvalue weighted by molar-refractivity contribution is -0.140. The largest absolute Gasteiger partial charge is 0.378 e. The van der Waals surface area contributed by atoms with Crippen molar-refractivity contribution in [2.75, 3.05) is 53.0 Å². The van der Waals surface area contributed by atoms with Gasteiger partial charge in [-0.15, -0.1) is 0 Å². The van der Waals surface area contributed by atoms with Crippen molar-refractivity contribution in [3.05, 3.63) is 0 Å². The molecule has 1 spiro atoms. The third kappa shape index (κ3) is 4.02. The first-order valence-electron chi connectivity index (χ1n) is 10.9. The molecule has 3 heterocycles. The second-order valence-corrected chi connectivity index (χ2v) is 9.23. The summed E-state index contributed by atoms with van der Waals surface area (Å²) >= 11 is 0. The van der Waals surface area contributed by atoms with Crippen molar-refractivity contribution in [3.8, 4) is 0 Å². The van der Waals surface area contributed by atoms with Crippen molar-refractivity contribution in [3.63, 3.8) is 0 Å². The molecule has 27 heavy (non-hydrogen) atoms. The van der Waals surface area contributed by atoms with Crippen LogP contribution in [0.5, 0.6) is 0 Å². The molecule has 152 valence electrons. The van der Waals surface area contributed by atoms with Crippen molar-refractivity contribution >= 4 is 11.8 Å². The quantitative estimate of drug-likeness (QED) is 0.736. The number of likely N-dealkylation sites (tertiary alicyclic amines) is 2. The molecule has 0 radical (unpaired) electrons. The molecule has 6 nitrogen and oxygen atoms in total. The smallest absolute Gasteiger partial charge is 0.240 e. The van der Waals surface area contributed by atoms with Crippen molar-refractivity contribution in [1.29, 1.82) is 0 Å². The molecule has 3 aliphatic heterocycles. The number of amides is 2. The lowest BCUT2D eigenvalue weighted by Gasteiger charge is -2.41. The van der Waals surface area contributed by atoms with Gasteiger partial charge in [-0.25, -0.2) is 0 Å². The maximum absolute atomic E-state index is 13.0. The Bertz CT molecular complexity index is 547. The monoisotopic (exact) mass is 377 g/mol. The number of nitrogens with zero attached hydrogens (tertiary/aromatic N) is 3. The van der Waals surface area contributed by atoms with Crippen LogP contribution >= 0.6 is 0 Å². The SMILES string of the molecule is CN1CC2(CCN(C(=O)C3CCCCC3)CC2)CC1C(=O)N1CCOCC1. The van der Waals surface area contributed by atoms with Crippen LogP contribution in [-0.4, -0.2) is 85.5 Å². The number of ether oxygens (including phenoxy) is 1. The highest BCUT2D eigenvalue weighted by Crippen LogP contribution is 2.43. The summed E-state index contributed by atoms with van der Waals surface area (Å²) in [5, 5.41) is 0. The number of rotatable bonds is 2. The van der Waals surface area contributed by atoms with Crippen LogP contribution in [0.2, 0.25) is 0 Å². The third-order valence-corrected chi connectivity index (χ3v) is 7.44. The molecule has 1 aliphatic carbocycles. The van der Waals surface area contributed by atoms with Gasteiger partial charge in [-0.2, -0.15) is 0 Å². The van der Waals surface area contributed by atoms with Crippen LogP contribution in [0.1, 0.15) is 51.4 Å². The molecule has 0 N–H and O–H groups in total. The Balaban J connectivity index is 1.32. The number of hydrogen-bond acceptors (Lipinski definition) is 4. The molecule has 4 rings (SSSR count). The molecular weight excluding hydrogens is 342 g/mol. The maximum atomic E-state index is 13.0. The molecule has 1 unspecified atom stereocenters. The van der Waals surface area contributed by atoms with Crippen LogP contribution in [0, 0.1) is 11.3 Å². The van der Waals surface area contributed by atoms with Gasteiger partial charge in [0.25, 0.3) is 0 Å². The van der Waals surface area contributed by atoms with Crippen molar-refractivity contribution in [2.24, 2.45) is 11.3 Å². The topological polar surface area (TPSA) is 53.1 Å². The van der Waals surface area contributed by atoms with Crippen molar-refractivity contribution in [2.45, 2.75) is 57.4 Å². The lowest BCUT2D eigenvalue weighted by Crippen LogP contribution is -2.48. The first kappa shape index (κ1) is 19.2. The van der Waals surface area contributed by atoms with E-state index in [2.05, 4.69) is 16.8 Å². The summed E-state index contributed by atoms with van der Waals surface area (Å²) in [7, 11) is 2.09. The molecule has 3 saturated heterocycles. The number of hydrogen-bond donors (Lipinski definition) is 0. The molecule has 2 amide bonds. The van der Waals surface area contributed by atoms with E-state index in [0.717, 1.165) is 64.8 Å². The zero-order chi connectivity index (χ0) is 18.9. The number of carbonyl (C=O) groups excluding carboxylic acids is 2. The Morgan fingerprint density at radius 3 is 2.19 bits per heavy atom. The van der Waals surface area contributed by atoms with Gasteiger partial charge in [0.2, 0.25) is 11.8 Å². The highest BCUT2D eigenvalue weighted by atomic mass is 16.5. The Morgan fingerprint density at radius 1 is 0.889 bits per heavy atom. The van der Waals surface area contributed by atoms with Crippen molar-refractivity contribution < 1.29 is 14.3 Å². The van der Waals surface area contributed by atoms with Gasteiger partial charge in [0.1, 0.15) is 0 Å².